The first-order chi connectivity index (χ1) is 12.7. The van der Waals surface area contributed by atoms with E-state index in [4.69, 9.17) is 22.8 Å². The van der Waals surface area contributed by atoms with E-state index in [2.05, 4.69) is 0 Å². The Morgan fingerprint density at radius 3 is 1.37 bits per heavy atom. The van der Waals surface area contributed by atoms with Gasteiger partial charge in [-0.15, -0.1) is 0 Å². The summed E-state index contributed by atoms with van der Waals surface area (Å²) in [6, 6.07) is 0. The van der Waals surface area contributed by atoms with Crippen molar-refractivity contribution < 1.29 is 41.6 Å². The van der Waals surface area contributed by atoms with Crippen LogP contribution in [0.3, 0.4) is 0 Å². The van der Waals surface area contributed by atoms with Crippen molar-refractivity contribution in [3.63, 3.8) is 0 Å². The summed E-state index contributed by atoms with van der Waals surface area (Å²) < 4.78 is 53.1. The van der Waals surface area contributed by atoms with Gasteiger partial charge in [0, 0.05) is 0 Å². The number of ketones is 1. The minimum atomic E-state index is -4.04. The highest BCUT2D eigenvalue weighted by molar-refractivity contribution is 7.72. The van der Waals surface area contributed by atoms with E-state index in [1.54, 1.807) is 34.6 Å². The molecule has 0 aromatic heterocycles. The van der Waals surface area contributed by atoms with Crippen LogP contribution in [-0.2, 0) is 41.6 Å². The fourth-order valence-corrected chi connectivity index (χ4v) is 7.85. The van der Waals surface area contributed by atoms with E-state index in [1.807, 2.05) is 0 Å². The zero-order valence-corrected chi connectivity index (χ0v) is 18.8. The molecule has 0 aromatic rings. The Balaban J connectivity index is 6.23. The second kappa shape index (κ2) is 12.8. The fourth-order valence-electron chi connectivity index (χ4n) is 2.45. The third-order valence-corrected chi connectivity index (χ3v) is 9.53. The minimum Gasteiger partial charge on any atom is -0.465 e. The zero-order valence-electron chi connectivity index (χ0n) is 17.0. The molecule has 9 nitrogen and oxygen atoms in total. The highest BCUT2D eigenvalue weighted by Crippen LogP contribution is 2.72. The predicted molar refractivity (Wildman–Crippen MR) is 101 cm³/mol. The molecular weight excluding hydrogens is 398 g/mol. The lowest BCUT2D eigenvalue weighted by Gasteiger charge is -2.32. The molecule has 0 aliphatic rings. The van der Waals surface area contributed by atoms with E-state index in [9.17, 15) is 18.7 Å². The van der Waals surface area contributed by atoms with Crippen LogP contribution in [0.5, 0.6) is 0 Å². The lowest BCUT2D eigenvalue weighted by molar-refractivity contribution is -0.151. The number of esters is 1. The number of rotatable bonds is 15. The second-order valence-corrected chi connectivity index (χ2v) is 10.2. The van der Waals surface area contributed by atoms with E-state index in [1.165, 1.54) is 6.92 Å². The molecule has 0 saturated heterocycles. The molecule has 0 amide bonds. The smallest absolute Gasteiger partial charge is 0.345 e. The van der Waals surface area contributed by atoms with Crippen molar-refractivity contribution in [3.05, 3.63) is 0 Å². The van der Waals surface area contributed by atoms with Crippen LogP contribution in [0.25, 0.3) is 0 Å². The van der Waals surface area contributed by atoms with Gasteiger partial charge in [-0.3, -0.25) is 18.7 Å². The quantitative estimate of drug-likeness (QED) is 0.216. The maximum absolute atomic E-state index is 13.4. The van der Waals surface area contributed by atoms with Gasteiger partial charge in [0.1, 0.15) is 11.7 Å². The lowest BCUT2D eigenvalue weighted by Crippen LogP contribution is -2.30. The van der Waals surface area contributed by atoms with Crippen molar-refractivity contribution in [3.8, 4) is 0 Å². The summed E-state index contributed by atoms with van der Waals surface area (Å²) in [5.41, 5.74) is 0. The Hall–Kier alpha value is -0.560. The molecular formula is C16H32O9P2. The molecule has 0 N–H and O–H groups in total. The Kier molecular flexibility index (Phi) is 12.5. The van der Waals surface area contributed by atoms with E-state index in [0.29, 0.717) is 0 Å². The van der Waals surface area contributed by atoms with Crippen LogP contribution in [-0.4, -0.2) is 50.2 Å². The van der Waals surface area contributed by atoms with Gasteiger partial charge in [0.25, 0.3) is 0 Å². The highest BCUT2D eigenvalue weighted by atomic mass is 31.2. The molecule has 0 spiro atoms. The first kappa shape index (κ1) is 26.4. The third-order valence-electron chi connectivity index (χ3n) is 3.47. The summed E-state index contributed by atoms with van der Waals surface area (Å²) >= 11 is 0. The fraction of sp³-hybridized carbons (Fsp3) is 0.875. The summed E-state index contributed by atoms with van der Waals surface area (Å²) in [5, 5.41) is -1.44. The predicted octanol–water partition coefficient (Wildman–Crippen LogP) is 4.00. The minimum absolute atomic E-state index is 0.0101. The Morgan fingerprint density at radius 2 is 1.11 bits per heavy atom. The molecule has 0 fully saturated rings. The molecule has 0 heterocycles. The highest BCUT2D eigenvalue weighted by Gasteiger charge is 2.53. The van der Waals surface area contributed by atoms with Crippen LogP contribution in [0.4, 0.5) is 0 Å². The maximum Gasteiger partial charge on any atom is 0.345 e. The molecule has 11 heteroatoms. The molecule has 0 aliphatic carbocycles. The molecule has 0 rings (SSSR count). The summed E-state index contributed by atoms with van der Waals surface area (Å²) in [5.74, 6) is -2.61. The van der Waals surface area contributed by atoms with Crippen LogP contribution in [0.15, 0.2) is 0 Å². The van der Waals surface area contributed by atoms with Gasteiger partial charge in [0.15, 0.2) is 5.40 Å². The van der Waals surface area contributed by atoms with E-state index >= 15 is 0 Å². The molecule has 0 radical (unpaired) electrons. The van der Waals surface area contributed by atoms with Crippen molar-refractivity contribution in [1.82, 2.24) is 0 Å². The van der Waals surface area contributed by atoms with Gasteiger partial charge in [-0.2, -0.15) is 0 Å². The Bertz CT molecular complexity index is 514. The molecule has 0 aliphatic heterocycles. The van der Waals surface area contributed by atoms with Gasteiger partial charge >= 0.3 is 21.2 Å². The molecule has 160 valence electrons. The summed E-state index contributed by atoms with van der Waals surface area (Å²) in [4.78, 5) is 24.3. The van der Waals surface area contributed by atoms with Gasteiger partial charge in [0.05, 0.1) is 33.0 Å². The number of hydrogen-bond donors (Lipinski definition) is 0. The van der Waals surface area contributed by atoms with Crippen molar-refractivity contribution in [2.45, 2.75) is 53.4 Å². The number of carbonyl (C=O) groups excluding carboxylic acids is 2. The molecule has 0 aromatic carbocycles. The topological polar surface area (TPSA) is 114 Å². The van der Waals surface area contributed by atoms with Crippen LogP contribution >= 0.6 is 15.2 Å². The zero-order chi connectivity index (χ0) is 21.1. The standard InChI is InChI=1S/C16H32O9P2/c1-7-21-16(18)14(13(6)17)12-15(26(19,22-8-2)23-9-3)27(20,24-10-4)25-11-5/h14-15H,7-12H2,1-6H3. The summed E-state index contributed by atoms with van der Waals surface area (Å²) in [6.07, 6.45) is -0.400. The van der Waals surface area contributed by atoms with Crippen LogP contribution < -0.4 is 0 Å². The van der Waals surface area contributed by atoms with Gasteiger partial charge in [-0.25, -0.2) is 0 Å². The van der Waals surface area contributed by atoms with Gasteiger partial charge in [0.2, 0.25) is 0 Å². The van der Waals surface area contributed by atoms with Crippen molar-refractivity contribution in [2.75, 3.05) is 33.0 Å². The Labute approximate surface area is 161 Å². The Morgan fingerprint density at radius 1 is 0.741 bits per heavy atom. The molecule has 27 heavy (non-hydrogen) atoms. The second-order valence-electron chi connectivity index (χ2n) is 5.38. The maximum atomic E-state index is 13.4. The van der Waals surface area contributed by atoms with E-state index < -0.39 is 44.7 Å². The van der Waals surface area contributed by atoms with Gasteiger partial charge < -0.3 is 22.8 Å². The first-order valence-corrected chi connectivity index (χ1v) is 12.3. The van der Waals surface area contributed by atoms with Crippen molar-refractivity contribution in [1.29, 1.82) is 0 Å². The number of Topliss-reactive ketones (excluding diaryl/α,β-unsaturated/α-hetero) is 1. The van der Waals surface area contributed by atoms with Crippen LogP contribution in [0.2, 0.25) is 0 Å². The summed E-state index contributed by atoms with van der Waals surface area (Å²) in [7, 11) is -8.07. The van der Waals surface area contributed by atoms with E-state index in [0.717, 1.165) is 0 Å². The summed E-state index contributed by atoms with van der Waals surface area (Å²) in [6.45, 7) is 9.31. The van der Waals surface area contributed by atoms with Crippen LogP contribution in [0, 0.1) is 5.92 Å². The molecule has 0 saturated carbocycles. The normalized spacial score (nSPS) is 13.6. The average Bonchev–Trinajstić information content (AvgIpc) is 2.55. The van der Waals surface area contributed by atoms with Gasteiger partial charge in [-0.05, 0) is 48.0 Å². The monoisotopic (exact) mass is 430 g/mol. The van der Waals surface area contributed by atoms with E-state index in [-0.39, 0.29) is 33.0 Å². The number of ether oxygens (including phenoxy) is 1. The third kappa shape index (κ3) is 7.76. The number of carbonyl (C=O) groups is 2. The largest absolute Gasteiger partial charge is 0.465 e. The number of hydrogen-bond acceptors (Lipinski definition) is 9. The van der Waals surface area contributed by atoms with Gasteiger partial charge in [-0.1, -0.05) is 0 Å². The van der Waals surface area contributed by atoms with Crippen molar-refractivity contribution in [2.24, 2.45) is 5.92 Å². The molecule has 1 atom stereocenters. The lowest BCUT2D eigenvalue weighted by atomic mass is 10.0. The van der Waals surface area contributed by atoms with Crippen molar-refractivity contribution >= 4 is 26.9 Å². The SMILES string of the molecule is CCOC(=O)C(CC(P(=O)(OCC)OCC)P(=O)(OCC)OCC)C(C)=O. The average molecular weight is 430 g/mol. The molecule has 0 bridgehead atoms. The first-order valence-electron chi connectivity index (χ1n) is 9.10. The van der Waals surface area contributed by atoms with Crippen LogP contribution in [0.1, 0.15) is 48.0 Å². The molecule has 1 unspecified atom stereocenters.